The lowest BCUT2D eigenvalue weighted by atomic mass is 9.98. The van der Waals surface area contributed by atoms with Gasteiger partial charge in [0.25, 0.3) is 0 Å². The number of pyridine rings is 1. The van der Waals surface area contributed by atoms with Gasteiger partial charge in [-0.3, -0.25) is 4.98 Å². The molecule has 26 heavy (non-hydrogen) atoms. The number of nitrogens with zero attached hydrogens (tertiary/aromatic N) is 3. The number of methoxy groups -OCH3 is 1. The van der Waals surface area contributed by atoms with Gasteiger partial charge in [0, 0.05) is 17.3 Å². The van der Waals surface area contributed by atoms with Crippen LogP contribution in [-0.4, -0.2) is 22.1 Å². The highest BCUT2D eigenvalue weighted by atomic mass is 35.5. The van der Waals surface area contributed by atoms with Gasteiger partial charge in [-0.25, -0.2) is 14.4 Å². The highest BCUT2D eigenvalue weighted by Gasteiger charge is 2.12. The summed E-state index contributed by atoms with van der Waals surface area (Å²) in [7, 11) is 1.57. The minimum absolute atomic E-state index is 0.0627. The third-order valence-corrected chi connectivity index (χ3v) is 4.39. The van der Waals surface area contributed by atoms with Gasteiger partial charge in [-0.2, -0.15) is 0 Å². The molecule has 6 heteroatoms. The van der Waals surface area contributed by atoms with Gasteiger partial charge in [0.15, 0.2) is 0 Å². The molecule has 4 rings (SSSR count). The Morgan fingerprint density at radius 1 is 0.962 bits per heavy atom. The predicted molar refractivity (Wildman–Crippen MR) is 99.7 cm³/mol. The molecule has 0 saturated carbocycles. The number of halogens is 2. The standard InChI is InChI=1S/C20H13ClFN3O/c1-26-20-15-9-12(5-7-18(15)24-11-25-20)14-3-2-8-23-19(14)13-4-6-17(22)16(21)10-13/h2-11H,1H3. The second-order valence-corrected chi connectivity index (χ2v) is 6.05. The monoisotopic (exact) mass is 365 g/mol. The lowest BCUT2D eigenvalue weighted by molar-refractivity contribution is 0.402. The van der Waals surface area contributed by atoms with E-state index in [1.807, 2.05) is 30.3 Å². The van der Waals surface area contributed by atoms with Gasteiger partial charge in [0.1, 0.15) is 12.1 Å². The molecule has 128 valence electrons. The van der Waals surface area contributed by atoms with E-state index in [0.29, 0.717) is 11.6 Å². The molecule has 0 N–H and O–H groups in total. The first kappa shape index (κ1) is 16.4. The second kappa shape index (κ2) is 6.69. The number of fused-ring (bicyclic) bond motifs is 1. The molecule has 0 aliphatic carbocycles. The molecule has 0 saturated heterocycles. The van der Waals surface area contributed by atoms with Crippen molar-refractivity contribution in [2.24, 2.45) is 0 Å². The first-order valence-electron chi connectivity index (χ1n) is 7.87. The van der Waals surface area contributed by atoms with Gasteiger partial charge in [-0.1, -0.05) is 23.7 Å². The van der Waals surface area contributed by atoms with Crippen LogP contribution < -0.4 is 4.74 Å². The number of ether oxygens (including phenoxy) is 1. The number of hydrogen-bond acceptors (Lipinski definition) is 4. The lowest BCUT2D eigenvalue weighted by Crippen LogP contribution is -1.93. The summed E-state index contributed by atoms with van der Waals surface area (Å²) < 4.78 is 18.9. The average Bonchev–Trinajstić information content (AvgIpc) is 2.69. The molecule has 0 amide bonds. The van der Waals surface area contributed by atoms with Crippen molar-refractivity contribution in [2.45, 2.75) is 0 Å². The zero-order chi connectivity index (χ0) is 18.1. The summed E-state index contributed by atoms with van der Waals surface area (Å²) in [5.74, 6) is 0.0487. The molecule has 2 aromatic heterocycles. The Hall–Kier alpha value is -3.05. The van der Waals surface area contributed by atoms with Gasteiger partial charge in [-0.05, 0) is 42.0 Å². The lowest BCUT2D eigenvalue weighted by Gasteiger charge is -2.11. The van der Waals surface area contributed by atoms with Crippen LogP contribution in [-0.2, 0) is 0 Å². The van der Waals surface area contributed by atoms with E-state index in [-0.39, 0.29) is 5.02 Å². The van der Waals surface area contributed by atoms with Crippen molar-refractivity contribution in [3.8, 4) is 28.3 Å². The molecule has 0 spiro atoms. The molecule has 2 heterocycles. The molecule has 4 aromatic rings. The maximum atomic E-state index is 13.5. The van der Waals surface area contributed by atoms with E-state index >= 15 is 0 Å². The van der Waals surface area contributed by atoms with Gasteiger partial charge in [0.05, 0.1) is 28.7 Å². The third kappa shape index (κ3) is 2.86. The number of benzene rings is 2. The zero-order valence-electron chi connectivity index (χ0n) is 13.8. The third-order valence-electron chi connectivity index (χ3n) is 4.10. The van der Waals surface area contributed by atoms with Crippen molar-refractivity contribution in [2.75, 3.05) is 7.11 Å². The van der Waals surface area contributed by atoms with Crippen LogP contribution >= 0.6 is 11.6 Å². The van der Waals surface area contributed by atoms with Gasteiger partial charge < -0.3 is 4.74 Å². The van der Waals surface area contributed by atoms with Crippen molar-refractivity contribution < 1.29 is 9.13 Å². The Morgan fingerprint density at radius 3 is 2.62 bits per heavy atom. The van der Waals surface area contributed by atoms with Gasteiger partial charge >= 0.3 is 0 Å². The van der Waals surface area contributed by atoms with Crippen molar-refractivity contribution in [1.29, 1.82) is 0 Å². The van der Waals surface area contributed by atoms with Crippen molar-refractivity contribution in [1.82, 2.24) is 15.0 Å². The van der Waals surface area contributed by atoms with Crippen LogP contribution in [0.15, 0.2) is 61.1 Å². The molecule has 0 aliphatic rings. The Balaban J connectivity index is 1.91. The van der Waals surface area contributed by atoms with Crippen LogP contribution in [0.3, 0.4) is 0 Å². The van der Waals surface area contributed by atoms with E-state index < -0.39 is 5.82 Å². The Bertz CT molecular complexity index is 1120. The zero-order valence-corrected chi connectivity index (χ0v) is 14.5. The highest BCUT2D eigenvalue weighted by Crippen LogP contribution is 2.34. The molecule has 0 unspecified atom stereocenters. The number of rotatable bonds is 3. The van der Waals surface area contributed by atoms with Crippen molar-refractivity contribution in [3.63, 3.8) is 0 Å². The SMILES string of the molecule is COc1ncnc2ccc(-c3cccnc3-c3ccc(F)c(Cl)c3)cc12. The molecule has 0 aliphatic heterocycles. The normalized spacial score (nSPS) is 10.9. The van der Waals surface area contributed by atoms with Crippen molar-refractivity contribution >= 4 is 22.5 Å². The van der Waals surface area contributed by atoms with Gasteiger partial charge in [-0.15, -0.1) is 0 Å². The van der Waals surface area contributed by atoms with Crippen LogP contribution in [0.25, 0.3) is 33.3 Å². The quantitative estimate of drug-likeness (QED) is 0.503. The Morgan fingerprint density at radius 2 is 1.81 bits per heavy atom. The van der Waals surface area contributed by atoms with Crippen LogP contribution in [0.1, 0.15) is 0 Å². The minimum Gasteiger partial charge on any atom is -0.480 e. The highest BCUT2D eigenvalue weighted by molar-refractivity contribution is 6.31. The second-order valence-electron chi connectivity index (χ2n) is 5.64. The smallest absolute Gasteiger partial charge is 0.224 e. The van der Waals surface area contributed by atoms with Gasteiger partial charge in [0.2, 0.25) is 5.88 Å². The fourth-order valence-corrected chi connectivity index (χ4v) is 3.06. The Labute approximate surface area is 154 Å². The maximum absolute atomic E-state index is 13.5. The van der Waals surface area contributed by atoms with Crippen LogP contribution in [0.5, 0.6) is 5.88 Å². The molecule has 2 aromatic carbocycles. The summed E-state index contributed by atoms with van der Waals surface area (Å²) in [4.78, 5) is 12.9. The van der Waals surface area contributed by atoms with E-state index in [4.69, 9.17) is 16.3 Å². The number of aromatic nitrogens is 3. The molecular formula is C20H13ClFN3O. The summed E-state index contributed by atoms with van der Waals surface area (Å²) in [6.07, 6.45) is 3.16. The topological polar surface area (TPSA) is 47.9 Å². The van der Waals surface area contributed by atoms with E-state index in [1.165, 1.54) is 12.4 Å². The number of hydrogen-bond donors (Lipinski definition) is 0. The molecule has 4 nitrogen and oxygen atoms in total. The minimum atomic E-state index is -0.458. The summed E-state index contributed by atoms with van der Waals surface area (Å²) >= 11 is 5.94. The summed E-state index contributed by atoms with van der Waals surface area (Å²) in [5.41, 5.74) is 4.06. The Kier molecular flexibility index (Phi) is 4.22. The fourth-order valence-electron chi connectivity index (χ4n) is 2.87. The van der Waals surface area contributed by atoms with E-state index in [9.17, 15) is 4.39 Å². The van der Waals surface area contributed by atoms with E-state index in [1.54, 1.807) is 25.4 Å². The molecule has 0 fully saturated rings. The van der Waals surface area contributed by atoms with Crippen LogP contribution in [0.4, 0.5) is 4.39 Å². The molecular weight excluding hydrogens is 353 g/mol. The van der Waals surface area contributed by atoms with Crippen LogP contribution in [0, 0.1) is 5.82 Å². The first-order chi connectivity index (χ1) is 12.7. The fraction of sp³-hybridized carbons (Fsp3) is 0.0500. The average molecular weight is 366 g/mol. The molecule has 0 atom stereocenters. The first-order valence-corrected chi connectivity index (χ1v) is 8.25. The predicted octanol–water partition coefficient (Wildman–Crippen LogP) is 5.16. The summed E-state index contributed by atoms with van der Waals surface area (Å²) in [6.45, 7) is 0. The summed E-state index contributed by atoms with van der Waals surface area (Å²) in [5, 5.41) is 0.868. The summed E-state index contributed by atoms with van der Waals surface area (Å²) in [6, 6.07) is 14.2. The van der Waals surface area contributed by atoms with E-state index in [0.717, 1.165) is 27.6 Å². The van der Waals surface area contributed by atoms with Crippen LogP contribution in [0.2, 0.25) is 5.02 Å². The van der Waals surface area contributed by atoms with E-state index in [2.05, 4.69) is 15.0 Å². The maximum Gasteiger partial charge on any atom is 0.224 e. The molecule has 0 bridgehead atoms. The largest absolute Gasteiger partial charge is 0.480 e. The van der Waals surface area contributed by atoms with Crippen molar-refractivity contribution in [3.05, 3.63) is 71.9 Å². The molecule has 0 radical (unpaired) electrons.